The van der Waals surface area contributed by atoms with Crippen LogP contribution in [0.3, 0.4) is 0 Å². The van der Waals surface area contributed by atoms with Gasteiger partial charge >= 0.3 is 8.25 Å². The molecule has 0 aliphatic heterocycles. The Bertz CT molecular complexity index is 213. The van der Waals surface area contributed by atoms with E-state index in [4.69, 9.17) is 14.2 Å². The summed E-state index contributed by atoms with van der Waals surface area (Å²) in [5.41, 5.74) is -0.760. The molecule has 0 aliphatic carbocycles. The van der Waals surface area contributed by atoms with Crippen LogP contribution in [-0.2, 0) is 13.8 Å². The van der Waals surface area contributed by atoms with Gasteiger partial charge in [-0.25, -0.2) is 0 Å². The molecule has 0 aliphatic rings. The van der Waals surface area contributed by atoms with E-state index in [9.17, 15) is 4.57 Å². The van der Waals surface area contributed by atoms with Gasteiger partial charge in [0.15, 0.2) is 0 Å². The van der Waals surface area contributed by atoms with Gasteiger partial charge < -0.3 is 4.74 Å². The summed E-state index contributed by atoms with van der Waals surface area (Å²) in [5.74, 6) is 0. The molecule has 4 nitrogen and oxygen atoms in total. The van der Waals surface area contributed by atoms with Crippen LogP contribution in [0.2, 0.25) is 0 Å². The molecule has 0 fully saturated rings. The summed E-state index contributed by atoms with van der Waals surface area (Å²) in [4.78, 5) is 8.64. The predicted octanol–water partition coefficient (Wildman–Crippen LogP) is 3.03. The zero-order chi connectivity index (χ0) is 12.1. The standard InChI is InChI=1S/C10H21O4P/c1-6-9(2,3)13-8-7-10(4,5)14-15(11)12/h6-8H2,1-5H3/p+1. The van der Waals surface area contributed by atoms with Crippen LogP contribution in [0.5, 0.6) is 0 Å². The maximum atomic E-state index is 10.5. The zero-order valence-corrected chi connectivity index (χ0v) is 11.1. The van der Waals surface area contributed by atoms with Crippen molar-refractivity contribution < 1.29 is 18.7 Å². The second-order valence-electron chi connectivity index (χ2n) is 4.80. The van der Waals surface area contributed by atoms with Gasteiger partial charge in [0.25, 0.3) is 0 Å². The predicted molar refractivity (Wildman–Crippen MR) is 59.9 cm³/mol. The van der Waals surface area contributed by atoms with Crippen LogP contribution >= 0.6 is 8.25 Å². The molecule has 0 radical (unpaired) electrons. The summed E-state index contributed by atoms with van der Waals surface area (Å²) >= 11 is 0. The van der Waals surface area contributed by atoms with Crippen LogP contribution in [0, 0.1) is 0 Å². The van der Waals surface area contributed by atoms with E-state index in [1.54, 1.807) is 13.8 Å². The Balaban J connectivity index is 3.89. The van der Waals surface area contributed by atoms with Crippen molar-refractivity contribution in [2.75, 3.05) is 6.61 Å². The second-order valence-corrected chi connectivity index (χ2v) is 5.46. The van der Waals surface area contributed by atoms with Gasteiger partial charge in [0.2, 0.25) is 0 Å². The first-order valence-electron chi connectivity index (χ1n) is 5.18. The highest BCUT2D eigenvalue weighted by Crippen LogP contribution is 2.28. The Morgan fingerprint density at radius 3 is 2.13 bits per heavy atom. The van der Waals surface area contributed by atoms with Crippen molar-refractivity contribution in [2.45, 2.75) is 58.7 Å². The topological polar surface area (TPSA) is 55.8 Å². The lowest BCUT2D eigenvalue weighted by molar-refractivity contribution is -0.0424. The molecule has 1 atom stereocenters. The van der Waals surface area contributed by atoms with Crippen LogP contribution in [0.4, 0.5) is 0 Å². The van der Waals surface area contributed by atoms with Crippen LogP contribution in [0.1, 0.15) is 47.5 Å². The molecular weight excluding hydrogens is 215 g/mol. The maximum Gasteiger partial charge on any atom is 0.695 e. The Kier molecular flexibility index (Phi) is 5.89. The Morgan fingerprint density at radius 1 is 1.20 bits per heavy atom. The molecule has 0 bridgehead atoms. The molecule has 15 heavy (non-hydrogen) atoms. The molecule has 0 aromatic rings. The molecule has 1 N–H and O–H groups in total. The number of hydrogen-bond acceptors (Lipinski definition) is 3. The van der Waals surface area contributed by atoms with Gasteiger partial charge in [-0.15, -0.1) is 9.42 Å². The molecule has 0 amide bonds. The van der Waals surface area contributed by atoms with Crippen molar-refractivity contribution in [3.63, 3.8) is 0 Å². The molecule has 0 aromatic carbocycles. The third-order valence-corrected chi connectivity index (χ3v) is 3.02. The van der Waals surface area contributed by atoms with Crippen molar-refractivity contribution >= 4 is 8.25 Å². The molecule has 90 valence electrons. The highest BCUT2D eigenvalue weighted by molar-refractivity contribution is 7.32. The SMILES string of the molecule is CCC(C)(C)OCCC(C)(C)O[P+](=O)O. The monoisotopic (exact) mass is 237 g/mol. The second kappa shape index (κ2) is 5.90. The Labute approximate surface area is 92.9 Å². The van der Waals surface area contributed by atoms with E-state index < -0.39 is 13.9 Å². The van der Waals surface area contributed by atoms with Crippen molar-refractivity contribution in [3.05, 3.63) is 0 Å². The van der Waals surface area contributed by atoms with Gasteiger partial charge in [-0.1, -0.05) is 6.92 Å². The average Bonchev–Trinajstić information content (AvgIpc) is 2.00. The minimum absolute atomic E-state index is 0.141. The summed E-state index contributed by atoms with van der Waals surface area (Å²) in [6.45, 7) is 10.2. The zero-order valence-electron chi connectivity index (χ0n) is 10.2. The molecule has 0 heterocycles. The van der Waals surface area contributed by atoms with Crippen molar-refractivity contribution in [2.24, 2.45) is 0 Å². The fourth-order valence-electron chi connectivity index (χ4n) is 0.932. The largest absolute Gasteiger partial charge is 0.695 e. The van der Waals surface area contributed by atoms with Gasteiger partial charge in [0, 0.05) is 11.0 Å². The summed E-state index contributed by atoms with van der Waals surface area (Å²) < 4.78 is 21.0. The van der Waals surface area contributed by atoms with Gasteiger partial charge in [-0.05, 0) is 34.1 Å². The van der Waals surface area contributed by atoms with Crippen LogP contribution in [-0.4, -0.2) is 22.7 Å². The minimum Gasteiger partial charge on any atom is -0.375 e. The number of rotatable bonds is 7. The van der Waals surface area contributed by atoms with Gasteiger partial charge in [0.1, 0.15) is 5.60 Å². The third-order valence-electron chi connectivity index (χ3n) is 2.37. The summed E-state index contributed by atoms with van der Waals surface area (Å²) in [6.07, 6.45) is 1.53. The molecule has 0 saturated heterocycles. The lowest BCUT2D eigenvalue weighted by Crippen LogP contribution is -2.29. The van der Waals surface area contributed by atoms with Crippen molar-refractivity contribution in [1.29, 1.82) is 0 Å². The van der Waals surface area contributed by atoms with Crippen LogP contribution in [0.25, 0.3) is 0 Å². The van der Waals surface area contributed by atoms with E-state index in [0.717, 1.165) is 6.42 Å². The smallest absolute Gasteiger partial charge is 0.375 e. The molecule has 5 heteroatoms. The quantitative estimate of drug-likeness (QED) is 0.691. The fourth-order valence-corrected chi connectivity index (χ4v) is 1.45. The van der Waals surface area contributed by atoms with E-state index in [1.165, 1.54) is 0 Å². The van der Waals surface area contributed by atoms with Gasteiger partial charge in [-0.3, -0.25) is 0 Å². The van der Waals surface area contributed by atoms with E-state index >= 15 is 0 Å². The average molecular weight is 237 g/mol. The normalized spacial score (nSPS) is 14.1. The van der Waals surface area contributed by atoms with Crippen LogP contribution in [0.15, 0.2) is 0 Å². The Hall–Kier alpha value is -0.0200. The van der Waals surface area contributed by atoms with Crippen molar-refractivity contribution in [1.82, 2.24) is 0 Å². The van der Waals surface area contributed by atoms with Gasteiger partial charge in [0.05, 0.1) is 12.2 Å². The van der Waals surface area contributed by atoms with Gasteiger partial charge in [-0.2, -0.15) is 0 Å². The number of hydrogen-bond donors (Lipinski definition) is 1. The highest BCUT2D eigenvalue weighted by atomic mass is 31.1. The minimum atomic E-state index is -2.54. The summed E-state index contributed by atoms with van der Waals surface area (Å²) in [5, 5.41) is 0. The molecule has 0 aromatic heterocycles. The Morgan fingerprint density at radius 2 is 1.73 bits per heavy atom. The maximum absolute atomic E-state index is 10.5. The first kappa shape index (κ1) is 15.0. The molecule has 0 rings (SSSR count). The van der Waals surface area contributed by atoms with E-state index in [0.29, 0.717) is 13.0 Å². The molecular formula is C10H22O4P+. The summed E-state index contributed by atoms with van der Waals surface area (Å²) in [6, 6.07) is 0. The highest BCUT2D eigenvalue weighted by Gasteiger charge is 2.31. The van der Waals surface area contributed by atoms with Crippen LogP contribution < -0.4 is 0 Å². The lowest BCUT2D eigenvalue weighted by atomic mass is 10.0. The molecule has 0 saturated carbocycles. The molecule has 0 spiro atoms. The molecule has 1 unspecified atom stereocenters. The number of ether oxygens (including phenoxy) is 1. The lowest BCUT2D eigenvalue weighted by Gasteiger charge is -2.25. The fraction of sp³-hybridized carbons (Fsp3) is 1.00. The first-order chi connectivity index (χ1) is 6.68. The first-order valence-corrected chi connectivity index (χ1v) is 6.31. The third kappa shape index (κ3) is 7.86. The van der Waals surface area contributed by atoms with E-state index in [1.807, 2.05) is 13.8 Å². The summed E-state index contributed by atoms with van der Waals surface area (Å²) in [7, 11) is -2.54. The van der Waals surface area contributed by atoms with Crippen molar-refractivity contribution in [3.8, 4) is 0 Å². The van der Waals surface area contributed by atoms with E-state index in [2.05, 4.69) is 6.92 Å². The van der Waals surface area contributed by atoms with E-state index in [-0.39, 0.29) is 5.60 Å².